The van der Waals surface area contributed by atoms with Gasteiger partial charge in [0.1, 0.15) is 11.9 Å². The quantitative estimate of drug-likeness (QED) is 0.581. The number of esters is 1. The van der Waals surface area contributed by atoms with Crippen LogP contribution >= 0.6 is 23.2 Å². The number of rotatable bonds is 5. The predicted molar refractivity (Wildman–Crippen MR) is 137 cm³/mol. The number of hydrogen-bond acceptors (Lipinski definition) is 5. The highest BCUT2D eigenvalue weighted by Gasteiger charge is 2.54. The minimum absolute atomic E-state index is 0.0348. The first kappa shape index (κ1) is 25.8. The lowest BCUT2D eigenvalue weighted by atomic mass is 9.56. The Kier molecular flexibility index (Phi) is 7.65. The van der Waals surface area contributed by atoms with Gasteiger partial charge in [0.2, 0.25) is 5.91 Å². The molecule has 2 fully saturated rings. The van der Waals surface area contributed by atoms with Crippen molar-refractivity contribution in [3.63, 3.8) is 0 Å². The van der Waals surface area contributed by atoms with Gasteiger partial charge in [0.25, 0.3) is 0 Å². The number of nitrogens with zero attached hydrogens (tertiary/aromatic N) is 2. The molecule has 6 nitrogen and oxygen atoms in total. The van der Waals surface area contributed by atoms with Crippen molar-refractivity contribution in [3.8, 4) is 5.75 Å². The van der Waals surface area contributed by atoms with Crippen molar-refractivity contribution in [2.45, 2.75) is 50.2 Å². The van der Waals surface area contributed by atoms with E-state index in [1.54, 1.807) is 23.1 Å². The van der Waals surface area contributed by atoms with Crippen LogP contribution in [0.2, 0.25) is 10.0 Å². The SMILES string of the molecule is CC(=O)OC1CC(N(C)C(=O)Cc2ccc(Cl)c(Cl)c2)CC2(c3cccc(O)c3)CCN(C)CC12. The molecular formula is C27H32Cl2N2O4. The smallest absolute Gasteiger partial charge is 0.302 e. The molecule has 1 amide bonds. The van der Waals surface area contributed by atoms with E-state index in [1.807, 2.05) is 31.3 Å². The number of carbonyl (C=O) groups is 2. The third-order valence-electron chi connectivity index (χ3n) is 7.73. The highest BCUT2D eigenvalue weighted by molar-refractivity contribution is 6.42. The fourth-order valence-electron chi connectivity index (χ4n) is 5.92. The number of halogens is 2. The van der Waals surface area contributed by atoms with Gasteiger partial charge in [0, 0.05) is 44.3 Å². The number of piperidine rings is 1. The summed E-state index contributed by atoms with van der Waals surface area (Å²) >= 11 is 12.2. The molecule has 4 unspecified atom stereocenters. The summed E-state index contributed by atoms with van der Waals surface area (Å²) in [5.41, 5.74) is 1.50. The molecule has 1 aliphatic heterocycles. The number of benzene rings is 2. The van der Waals surface area contributed by atoms with E-state index in [9.17, 15) is 14.7 Å². The van der Waals surface area contributed by atoms with Crippen molar-refractivity contribution < 1.29 is 19.4 Å². The second-order valence-corrected chi connectivity index (χ2v) is 10.8. The maximum absolute atomic E-state index is 13.3. The van der Waals surface area contributed by atoms with E-state index in [4.69, 9.17) is 27.9 Å². The van der Waals surface area contributed by atoms with Crippen LogP contribution in [0.25, 0.3) is 0 Å². The molecule has 1 N–H and O–H groups in total. The Hall–Kier alpha value is -2.28. The van der Waals surface area contributed by atoms with Gasteiger partial charge in [-0.2, -0.15) is 0 Å². The van der Waals surface area contributed by atoms with Crippen LogP contribution in [-0.4, -0.2) is 66.1 Å². The number of amides is 1. The van der Waals surface area contributed by atoms with Crippen molar-refractivity contribution in [1.29, 1.82) is 0 Å². The Morgan fingerprint density at radius 3 is 2.66 bits per heavy atom. The van der Waals surface area contributed by atoms with Gasteiger partial charge in [-0.3, -0.25) is 9.59 Å². The molecular weight excluding hydrogens is 487 g/mol. The Bertz CT molecular complexity index is 1110. The summed E-state index contributed by atoms with van der Waals surface area (Å²) < 4.78 is 5.89. The maximum Gasteiger partial charge on any atom is 0.302 e. The molecule has 4 rings (SSSR count). The van der Waals surface area contributed by atoms with Crippen LogP contribution in [0.4, 0.5) is 0 Å². The van der Waals surface area contributed by atoms with Crippen molar-refractivity contribution in [3.05, 3.63) is 63.6 Å². The monoisotopic (exact) mass is 518 g/mol. The van der Waals surface area contributed by atoms with Crippen molar-refractivity contribution >= 4 is 35.1 Å². The van der Waals surface area contributed by atoms with E-state index < -0.39 is 0 Å². The molecule has 2 aliphatic rings. The summed E-state index contributed by atoms with van der Waals surface area (Å²) in [6, 6.07) is 12.5. The number of phenolic OH excluding ortho intramolecular Hbond substituents is 1. The summed E-state index contributed by atoms with van der Waals surface area (Å²) in [5, 5.41) is 11.2. The van der Waals surface area contributed by atoms with E-state index in [-0.39, 0.29) is 47.5 Å². The summed E-state index contributed by atoms with van der Waals surface area (Å²) in [6.45, 7) is 3.10. The van der Waals surface area contributed by atoms with Crippen LogP contribution < -0.4 is 0 Å². The molecule has 188 valence electrons. The lowest BCUT2D eigenvalue weighted by Gasteiger charge is -2.56. The highest BCUT2D eigenvalue weighted by Crippen LogP contribution is 2.51. The van der Waals surface area contributed by atoms with Gasteiger partial charge in [0.15, 0.2) is 0 Å². The van der Waals surface area contributed by atoms with E-state index in [0.29, 0.717) is 16.5 Å². The van der Waals surface area contributed by atoms with Gasteiger partial charge >= 0.3 is 5.97 Å². The minimum Gasteiger partial charge on any atom is -0.508 e. The van der Waals surface area contributed by atoms with Crippen LogP contribution in [0.3, 0.4) is 0 Å². The van der Waals surface area contributed by atoms with Gasteiger partial charge in [-0.15, -0.1) is 0 Å². The van der Waals surface area contributed by atoms with E-state index in [2.05, 4.69) is 11.9 Å². The lowest BCUT2D eigenvalue weighted by molar-refractivity contribution is -0.160. The number of phenols is 1. The zero-order valence-electron chi connectivity index (χ0n) is 20.3. The van der Waals surface area contributed by atoms with Gasteiger partial charge in [-0.1, -0.05) is 41.4 Å². The molecule has 0 radical (unpaired) electrons. The molecule has 1 aliphatic carbocycles. The Labute approximate surface area is 216 Å². The molecule has 1 saturated carbocycles. The fourth-order valence-corrected chi connectivity index (χ4v) is 6.24. The molecule has 2 aromatic carbocycles. The van der Waals surface area contributed by atoms with Gasteiger partial charge in [-0.05, 0) is 61.8 Å². The van der Waals surface area contributed by atoms with Crippen LogP contribution in [-0.2, 0) is 26.2 Å². The molecule has 35 heavy (non-hydrogen) atoms. The zero-order valence-corrected chi connectivity index (χ0v) is 21.9. The van der Waals surface area contributed by atoms with Gasteiger partial charge in [0.05, 0.1) is 16.5 Å². The largest absolute Gasteiger partial charge is 0.508 e. The third kappa shape index (κ3) is 5.45. The first-order valence-corrected chi connectivity index (χ1v) is 12.7. The molecule has 4 atom stereocenters. The molecule has 1 saturated heterocycles. The average molecular weight is 519 g/mol. The van der Waals surface area contributed by atoms with E-state index >= 15 is 0 Å². The summed E-state index contributed by atoms with van der Waals surface area (Å²) in [6.07, 6.45) is 2.02. The number of aromatic hydroxyl groups is 1. The average Bonchev–Trinajstić information content (AvgIpc) is 2.81. The standard InChI is InChI=1S/C27H32Cl2N2O4/c1-17(32)35-25-14-20(31(3)26(34)12-18-7-8-23(28)24(29)11-18)15-27(9-10-30(2)16-22(25)27)19-5-4-6-21(33)13-19/h4-8,11,13,20,22,25,33H,9-10,12,14-16H2,1-3H3. The number of hydrogen-bond donors (Lipinski definition) is 1. The van der Waals surface area contributed by atoms with E-state index in [0.717, 1.165) is 37.1 Å². The summed E-state index contributed by atoms with van der Waals surface area (Å²) in [5.74, 6) is -0.0857. The zero-order chi connectivity index (χ0) is 25.3. The van der Waals surface area contributed by atoms with Gasteiger partial charge < -0.3 is 19.6 Å². The fraction of sp³-hybridized carbons (Fsp3) is 0.481. The Morgan fingerprint density at radius 1 is 1.20 bits per heavy atom. The third-order valence-corrected chi connectivity index (χ3v) is 8.47. The van der Waals surface area contributed by atoms with Crippen LogP contribution in [0.1, 0.15) is 37.3 Å². The van der Waals surface area contributed by atoms with Crippen molar-refractivity contribution in [2.24, 2.45) is 5.92 Å². The van der Waals surface area contributed by atoms with Crippen molar-refractivity contribution in [2.75, 3.05) is 27.2 Å². The second-order valence-electron chi connectivity index (χ2n) is 10.00. The Balaban J connectivity index is 1.66. The van der Waals surface area contributed by atoms with Gasteiger partial charge in [-0.25, -0.2) is 0 Å². The molecule has 0 aromatic heterocycles. The van der Waals surface area contributed by atoms with Crippen LogP contribution in [0.5, 0.6) is 5.75 Å². The first-order chi connectivity index (χ1) is 16.6. The topological polar surface area (TPSA) is 70.1 Å². The number of ether oxygens (including phenoxy) is 1. The predicted octanol–water partition coefficient (Wildman–Crippen LogP) is 4.68. The summed E-state index contributed by atoms with van der Waals surface area (Å²) in [7, 11) is 3.90. The Morgan fingerprint density at radius 2 is 1.97 bits per heavy atom. The minimum atomic E-state index is -0.337. The van der Waals surface area contributed by atoms with Crippen LogP contribution in [0.15, 0.2) is 42.5 Å². The maximum atomic E-state index is 13.3. The first-order valence-electron chi connectivity index (χ1n) is 11.9. The van der Waals surface area contributed by atoms with Crippen molar-refractivity contribution in [1.82, 2.24) is 9.80 Å². The second kappa shape index (κ2) is 10.4. The number of fused-ring (bicyclic) bond motifs is 1. The molecule has 2 aromatic rings. The lowest BCUT2D eigenvalue weighted by Crippen LogP contribution is -2.61. The molecule has 8 heteroatoms. The number of carbonyl (C=O) groups excluding carboxylic acids is 2. The van der Waals surface area contributed by atoms with Crippen LogP contribution in [0, 0.1) is 5.92 Å². The highest BCUT2D eigenvalue weighted by atomic mass is 35.5. The molecule has 0 bridgehead atoms. The molecule has 0 spiro atoms. The van der Waals surface area contributed by atoms with E-state index in [1.165, 1.54) is 6.92 Å². The number of likely N-dealkylation sites (tertiary alicyclic amines) is 1. The molecule has 1 heterocycles. The number of likely N-dealkylation sites (N-methyl/N-ethyl adjacent to an activating group) is 1. The normalized spacial score (nSPS) is 26.6. The summed E-state index contributed by atoms with van der Waals surface area (Å²) in [4.78, 5) is 29.5.